The molecule has 0 radical (unpaired) electrons. The number of methoxy groups -OCH3 is 1. The molecule has 0 amide bonds. The molecule has 0 aliphatic carbocycles. The predicted molar refractivity (Wildman–Crippen MR) is 65.5 cm³/mol. The minimum absolute atomic E-state index is 0.224. The Morgan fingerprint density at radius 3 is 2.44 bits per heavy atom. The Bertz CT molecular complexity index is 347. The van der Waals surface area contributed by atoms with Gasteiger partial charge in [-0.3, -0.25) is 4.89 Å². The van der Waals surface area contributed by atoms with Crippen molar-refractivity contribution in [1.29, 1.82) is 0 Å². The Morgan fingerprint density at radius 1 is 1.11 bits per heavy atom. The molecule has 0 N–H and O–H groups in total. The lowest BCUT2D eigenvalue weighted by Gasteiger charge is -2.05. The van der Waals surface area contributed by atoms with Gasteiger partial charge in [-0.05, 0) is 30.7 Å². The zero-order valence-corrected chi connectivity index (χ0v) is 10.7. The predicted octanol–water partition coefficient (Wildman–Crippen LogP) is 2.21. The second-order valence-corrected chi connectivity index (χ2v) is 3.53. The van der Waals surface area contributed by atoms with Gasteiger partial charge in [0.05, 0.1) is 19.3 Å². The molecular weight excluding hydrogens is 236 g/mol. The molecule has 1 aromatic rings. The van der Waals surface area contributed by atoms with Gasteiger partial charge in [0.15, 0.2) is 0 Å². The van der Waals surface area contributed by atoms with Gasteiger partial charge in [-0.25, -0.2) is 4.79 Å². The highest BCUT2D eigenvalue weighted by Crippen LogP contribution is 2.12. The van der Waals surface area contributed by atoms with Crippen LogP contribution in [0, 0.1) is 0 Å². The van der Waals surface area contributed by atoms with Gasteiger partial charge in [0.2, 0.25) is 0 Å². The third kappa shape index (κ3) is 5.16. The molecule has 0 atom stereocenters. The van der Waals surface area contributed by atoms with Crippen molar-refractivity contribution in [3.05, 3.63) is 29.8 Å². The number of hydrogen-bond acceptors (Lipinski definition) is 5. The zero-order valence-electron chi connectivity index (χ0n) is 10.7. The van der Waals surface area contributed by atoms with Crippen molar-refractivity contribution in [2.45, 2.75) is 13.3 Å². The number of hydrogen-bond donors (Lipinski definition) is 0. The Morgan fingerprint density at radius 2 is 1.83 bits per heavy atom. The largest absolute Gasteiger partial charge is 0.497 e. The third-order valence-corrected chi connectivity index (χ3v) is 2.12. The van der Waals surface area contributed by atoms with Crippen molar-refractivity contribution in [3.8, 4) is 5.75 Å². The molecule has 0 saturated heterocycles. The van der Waals surface area contributed by atoms with E-state index in [9.17, 15) is 4.79 Å². The van der Waals surface area contributed by atoms with Crippen LogP contribution in [0.4, 0.5) is 0 Å². The molecule has 5 heteroatoms. The topological polar surface area (TPSA) is 54.0 Å². The summed E-state index contributed by atoms with van der Waals surface area (Å²) in [5.74, 6) is 0.147. The Hall–Kier alpha value is -1.59. The minimum Gasteiger partial charge on any atom is -0.497 e. The lowest BCUT2D eigenvalue weighted by Crippen LogP contribution is -2.10. The van der Waals surface area contributed by atoms with Gasteiger partial charge in [-0.1, -0.05) is 6.92 Å². The third-order valence-electron chi connectivity index (χ3n) is 2.12. The Kier molecular flexibility index (Phi) is 6.83. The lowest BCUT2D eigenvalue weighted by molar-refractivity contribution is -0.247. The number of carbonyl (C=O) groups excluding carboxylic acids is 1. The van der Waals surface area contributed by atoms with Crippen molar-refractivity contribution in [1.82, 2.24) is 0 Å². The second-order valence-electron chi connectivity index (χ2n) is 3.53. The van der Waals surface area contributed by atoms with E-state index in [1.165, 1.54) is 0 Å². The normalized spacial score (nSPS) is 10.1. The molecule has 0 saturated carbocycles. The fourth-order valence-electron chi connectivity index (χ4n) is 1.21. The molecule has 0 bridgehead atoms. The van der Waals surface area contributed by atoms with Crippen LogP contribution in [0.2, 0.25) is 0 Å². The van der Waals surface area contributed by atoms with Crippen molar-refractivity contribution in [2.75, 3.05) is 26.9 Å². The van der Waals surface area contributed by atoms with Crippen LogP contribution in [0.3, 0.4) is 0 Å². The van der Waals surface area contributed by atoms with E-state index < -0.39 is 5.97 Å². The molecule has 1 rings (SSSR count). The van der Waals surface area contributed by atoms with E-state index in [4.69, 9.17) is 14.4 Å². The first-order chi connectivity index (χ1) is 8.77. The van der Waals surface area contributed by atoms with Crippen LogP contribution in [-0.4, -0.2) is 32.9 Å². The average Bonchev–Trinajstić information content (AvgIpc) is 2.42. The van der Waals surface area contributed by atoms with Gasteiger partial charge in [0.25, 0.3) is 0 Å². The fourth-order valence-corrected chi connectivity index (χ4v) is 1.21. The van der Waals surface area contributed by atoms with Crippen LogP contribution >= 0.6 is 0 Å². The fraction of sp³-hybridized carbons (Fsp3) is 0.462. The monoisotopic (exact) mass is 254 g/mol. The highest BCUT2D eigenvalue weighted by Gasteiger charge is 2.08. The van der Waals surface area contributed by atoms with Crippen molar-refractivity contribution < 1.29 is 24.0 Å². The summed E-state index contributed by atoms with van der Waals surface area (Å²) < 4.78 is 10.2. The Balaban J connectivity index is 2.23. The van der Waals surface area contributed by atoms with Crippen molar-refractivity contribution >= 4 is 5.97 Å². The summed E-state index contributed by atoms with van der Waals surface area (Å²) in [6, 6.07) is 6.58. The molecule has 0 heterocycles. The Labute approximate surface area is 107 Å². The van der Waals surface area contributed by atoms with Crippen LogP contribution in [-0.2, 0) is 14.5 Å². The van der Waals surface area contributed by atoms with E-state index in [0.29, 0.717) is 24.5 Å². The molecular formula is C13H18O5. The smallest absolute Gasteiger partial charge is 0.373 e. The summed E-state index contributed by atoms with van der Waals surface area (Å²) in [6.07, 6.45) is 0.950. The number of rotatable bonds is 8. The van der Waals surface area contributed by atoms with E-state index in [1.807, 2.05) is 6.92 Å². The summed E-state index contributed by atoms with van der Waals surface area (Å²) in [5.41, 5.74) is 0.408. The summed E-state index contributed by atoms with van der Waals surface area (Å²) >= 11 is 0. The van der Waals surface area contributed by atoms with Crippen molar-refractivity contribution in [2.24, 2.45) is 0 Å². The van der Waals surface area contributed by atoms with Crippen LogP contribution < -0.4 is 4.74 Å². The molecule has 1 aromatic carbocycles. The first-order valence-electron chi connectivity index (χ1n) is 5.83. The molecule has 0 spiro atoms. The maximum absolute atomic E-state index is 11.5. The highest BCUT2D eigenvalue weighted by molar-refractivity contribution is 5.89. The van der Waals surface area contributed by atoms with E-state index in [1.54, 1.807) is 31.4 Å². The van der Waals surface area contributed by atoms with Gasteiger partial charge in [-0.2, -0.15) is 4.89 Å². The molecule has 5 nitrogen and oxygen atoms in total. The second kappa shape index (κ2) is 8.49. The summed E-state index contributed by atoms with van der Waals surface area (Å²) in [4.78, 5) is 20.9. The van der Waals surface area contributed by atoms with Crippen molar-refractivity contribution in [3.63, 3.8) is 0 Å². The summed E-state index contributed by atoms with van der Waals surface area (Å²) in [6.45, 7) is 3.33. The molecule has 18 heavy (non-hydrogen) atoms. The molecule has 0 fully saturated rings. The molecule has 0 aromatic heterocycles. The first kappa shape index (κ1) is 14.5. The number of ether oxygens (including phenoxy) is 2. The molecule has 0 aliphatic heterocycles. The van der Waals surface area contributed by atoms with Crippen LogP contribution in [0.1, 0.15) is 23.7 Å². The van der Waals surface area contributed by atoms with Crippen LogP contribution in [0.15, 0.2) is 24.3 Å². The van der Waals surface area contributed by atoms with Gasteiger partial charge in [0.1, 0.15) is 12.4 Å². The van der Waals surface area contributed by atoms with Gasteiger partial charge >= 0.3 is 5.97 Å². The number of benzene rings is 1. The number of carbonyl (C=O) groups is 1. The SMILES string of the molecule is CCCOCCOOC(=O)c1ccc(OC)cc1. The maximum atomic E-state index is 11.5. The molecule has 100 valence electrons. The standard InChI is InChI=1S/C13H18O5/c1-3-8-16-9-10-17-18-13(14)11-4-6-12(15-2)7-5-11/h4-7H,3,8-10H2,1-2H3. The summed E-state index contributed by atoms with van der Waals surface area (Å²) in [5, 5.41) is 0. The van der Waals surface area contributed by atoms with Gasteiger partial charge in [0, 0.05) is 6.61 Å². The average molecular weight is 254 g/mol. The first-order valence-corrected chi connectivity index (χ1v) is 5.83. The van der Waals surface area contributed by atoms with E-state index in [2.05, 4.69) is 4.89 Å². The molecule has 0 unspecified atom stereocenters. The van der Waals surface area contributed by atoms with Crippen LogP contribution in [0.25, 0.3) is 0 Å². The quantitative estimate of drug-likeness (QED) is 0.404. The van der Waals surface area contributed by atoms with Gasteiger partial charge < -0.3 is 9.47 Å². The van der Waals surface area contributed by atoms with E-state index in [-0.39, 0.29) is 6.61 Å². The summed E-state index contributed by atoms with van der Waals surface area (Å²) in [7, 11) is 1.56. The molecule has 0 aliphatic rings. The van der Waals surface area contributed by atoms with Crippen LogP contribution in [0.5, 0.6) is 5.75 Å². The van der Waals surface area contributed by atoms with E-state index >= 15 is 0 Å². The highest BCUT2D eigenvalue weighted by atomic mass is 17.2. The van der Waals surface area contributed by atoms with Gasteiger partial charge in [-0.15, -0.1) is 0 Å². The van der Waals surface area contributed by atoms with E-state index in [0.717, 1.165) is 6.42 Å². The minimum atomic E-state index is -0.534. The zero-order chi connectivity index (χ0) is 13.2. The maximum Gasteiger partial charge on any atom is 0.373 e. The lowest BCUT2D eigenvalue weighted by atomic mass is 10.2.